The normalized spacial score (nSPS) is 16.4. The van der Waals surface area contributed by atoms with Gasteiger partial charge in [-0.1, -0.05) is 0 Å². The van der Waals surface area contributed by atoms with E-state index in [9.17, 15) is 4.79 Å². The fraction of sp³-hybridized carbons (Fsp3) is 0.714. The molecule has 112 valence electrons. The number of piperazine rings is 1. The summed E-state index contributed by atoms with van der Waals surface area (Å²) in [5, 5.41) is 4.36. The number of anilines is 1. The first kappa shape index (κ1) is 14.7. The second-order valence-electron chi connectivity index (χ2n) is 6.23. The zero-order valence-corrected chi connectivity index (χ0v) is 13.0. The fourth-order valence-electron chi connectivity index (χ4n) is 2.35. The van der Waals surface area contributed by atoms with Crippen molar-refractivity contribution < 1.29 is 9.53 Å². The van der Waals surface area contributed by atoms with Crippen LogP contribution in [0.2, 0.25) is 0 Å². The molecule has 0 aliphatic carbocycles. The number of aromatic nitrogens is 2. The summed E-state index contributed by atoms with van der Waals surface area (Å²) in [7, 11) is 1.92. The monoisotopic (exact) mass is 280 g/mol. The number of amides is 1. The van der Waals surface area contributed by atoms with Crippen molar-refractivity contribution in [2.45, 2.75) is 33.3 Å². The molecule has 0 bridgehead atoms. The van der Waals surface area contributed by atoms with E-state index in [0.717, 1.165) is 24.5 Å². The average molecular weight is 280 g/mol. The number of rotatable bonds is 1. The zero-order valence-electron chi connectivity index (χ0n) is 13.0. The molecule has 0 unspecified atom stereocenters. The minimum Gasteiger partial charge on any atom is -0.444 e. The summed E-state index contributed by atoms with van der Waals surface area (Å²) in [6, 6.07) is 0. The summed E-state index contributed by atoms with van der Waals surface area (Å²) in [5.74, 6) is 0. The highest BCUT2D eigenvalue weighted by Gasteiger charge is 2.26. The van der Waals surface area contributed by atoms with Gasteiger partial charge in [0.1, 0.15) is 5.60 Å². The number of carbonyl (C=O) groups is 1. The van der Waals surface area contributed by atoms with Crippen molar-refractivity contribution in [2.75, 3.05) is 31.1 Å². The van der Waals surface area contributed by atoms with Gasteiger partial charge in [0.05, 0.1) is 11.4 Å². The SMILES string of the molecule is Cc1nn(C)cc1N1CCN(C(=O)OC(C)(C)C)CC1. The van der Waals surface area contributed by atoms with E-state index in [-0.39, 0.29) is 6.09 Å². The number of hydrogen-bond acceptors (Lipinski definition) is 4. The average Bonchev–Trinajstić information content (AvgIpc) is 2.66. The van der Waals surface area contributed by atoms with E-state index in [1.54, 1.807) is 4.90 Å². The van der Waals surface area contributed by atoms with E-state index in [2.05, 4.69) is 10.00 Å². The molecule has 1 amide bonds. The largest absolute Gasteiger partial charge is 0.444 e. The van der Waals surface area contributed by atoms with Crippen molar-refractivity contribution in [3.63, 3.8) is 0 Å². The highest BCUT2D eigenvalue weighted by Crippen LogP contribution is 2.20. The van der Waals surface area contributed by atoms with Gasteiger partial charge < -0.3 is 14.5 Å². The van der Waals surface area contributed by atoms with Crippen LogP contribution in [0.1, 0.15) is 26.5 Å². The van der Waals surface area contributed by atoms with Gasteiger partial charge >= 0.3 is 6.09 Å². The Kier molecular flexibility index (Phi) is 3.92. The molecular weight excluding hydrogens is 256 g/mol. The first-order valence-electron chi connectivity index (χ1n) is 6.99. The maximum Gasteiger partial charge on any atom is 0.410 e. The predicted octanol–water partition coefficient (Wildman–Crippen LogP) is 1.79. The molecule has 1 aromatic heterocycles. The molecule has 1 aliphatic rings. The minimum atomic E-state index is -0.436. The van der Waals surface area contributed by atoms with Crippen LogP contribution in [0, 0.1) is 6.92 Å². The Morgan fingerprint density at radius 2 is 1.85 bits per heavy atom. The summed E-state index contributed by atoms with van der Waals surface area (Å²) < 4.78 is 7.22. The summed E-state index contributed by atoms with van der Waals surface area (Å²) in [6.45, 7) is 10.7. The summed E-state index contributed by atoms with van der Waals surface area (Å²) in [5.41, 5.74) is 1.74. The second-order valence-corrected chi connectivity index (χ2v) is 6.23. The predicted molar refractivity (Wildman–Crippen MR) is 78.0 cm³/mol. The third-order valence-electron chi connectivity index (χ3n) is 3.26. The molecule has 1 fully saturated rings. The Balaban J connectivity index is 1.92. The molecule has 2 rings (SSSR count). The van der Waals surface area contributed by atoms with Crippen molar-refractivity contribution in [2.24, 2.45) is 7.05 Å². The lowest BCUT2D eigenvalue weighted by Gasteiger charge is -2.36. The van der Waals surface area contributed by atoms with Crippen LogP contribution in [0.3, 0.4) is 0 Å². The molecule has 6 nitrogen and oxygen atoms in total. The molecule has 1 aromatic rings. The number of nitrogens with zero attached hydrogens (tertiary/aromatic N) is 4. The van der Waals surface area contributed by atoms with Gasteiger partial charge in [0, 0.05) is 39.4 Å². The first-order valence-corrected chi connectivity index (χ1v) is 6.99. The lowest BCUT2D eigenvalue weighted by Crippen LogP contribution is -2.50. The number of carbonyl (C=O) groups excluding carboxylic acids is 1. The molecule has 20 heavy (non-hydrogen) atoms. The van der Waals surface area contributed by atoms with Crippen molar-refractivity contribution in [3.8, 4) is 0 Å². The highest BCUT2D eigenvalue weighted by atomic mass is 16.6. The van der Waals surface area contributed by atoms with E-state index in [0.29, 0.717) is 13.1 Å². The zero-order chi connectivity index (χ0) is 14.9. The van der Waals surface area contributed by atoms with Crippen LogP contribution in [0.5, 0.6) is 0 Å². The molecule has 0 N–H and O–H groups in total. The second kappa shape index (κ2) is 5.34. The van der Waals surface area contributed by atoms with Gasteiger partial charge in [0.15, 0.2) is 0 Å². The van der Waals surface area contributed by atoms with Crippen LogP contribution in [0.25, 0.3) is 0 Å². The van der Waals surface area contributed by atoms with Gasteiger partial charge in [0.25, 0.3) is 0 Å². The van der Waals surface area contributed by atoms with Crippen molar-refractivity contribution in [1.82, 2.24) is 14.7 Å². The molecule has 1 saturated heterocycles. The number of ether oxygens (including phenoxy) is 1. The maximum absolute atomic E-state index is 12.0. The minimum absolute atomic E-state index is 0.222. The van der Waals surface area contributed by atoms with E-state index in [1.807, 2.05) is 45.6 Å². The van der Waals surface area contributed by atoms with Crippen LogP contribution < -0.4 is 4.90 Å². The lowest BCUT2D eigenvalue weighted by atomic mass is 10.2. The third kappa shape index (κ3) is 3.43. The van der Waals surface area contributed by atoms with E-state index in [4.69, 9.17) is 4.74 Å². The Morgan fingerprint density at radius 3 is 2.30 bits per heavy atom. The van der Waals surface area contributed by atoms with Gasteiger partial charge in [-0.2, -0.15) is 5.10 Å². The molecular formula is C14H24N4O2. The van der Waals surface area contributed by atoms with E-state index < -0.39 is 5.60 Å². The highest BCUT2D eigenvalue weighted by molar-refractivity contribution is 5.68. The smallest absolute Gasteiger partial charge is 0.410 e. The van der Waals surface area contributed by atoms with Crippen molar-refractivity contribution in [3.05, 3.63) is 11.9 Å². The van der Waals surface area contributed by atoms with Crippen LogP contribution in [-0.4, -0.2) is 52.6 Å². The van der Waals surface area contributed by atoms with Crippen molar-refractivity contribution >= 4 is 11.8 Å². The fourth-order valence-corrected chi connectivity index (χ4v) is 2.35. The molecule has 1 aliphatic heterocycles. The molecule has 0 atom stereocenters. The van der Waals surface area contributed by atoms with Crippen LogP contribution >= 0.6 is 0 Å². The van der Waals surface area contributed by atoms with E-state index >= 15 is 0 Å². The topological polar surface area (TPSA) is 50.6 Å². The number of aryl methyl sites for hydroxylation is 2. The molecule has 0 spiro atoms. The van der Waals surface area contributed by atoms with Crippen molar-refractivity contribution in [1.29, 1.82) is 0 Å². The van der Waals surface area contributed by atoms with Gasteiger partial charge in [-0.05, 0) is 27.7 Å². The van der Waals surface area contributed by atoms with Crippen LogP contribution in [0.4, 0.5) is 10.5 Å². The molecule has 0 aromatic carbocycles. The molecule has 6 heteroatoms. The molecule has 0 saturated carbocycles. The Morgan fingerprint density at radius 1 is 1.25 bits per heavy atom. The number of hydrogen-bond donors (Lipinski definition) is 0. The Labute approximate surface area is 120 Å². The first-order chi connectivity index (χ1) is 9.26. The van der Waals surface area contributed by atoms with E-state index in [1.165, 1.54) is 0 Å². The lowest BCUT2D eigenvalue weighted by molar-refractivity contribution is 0.0240. The summed E-state index contributed by atoms with van der Waals surface area (Å²) in [4.78, 5) is 16.0. The van der Waals surface area contributed by atoms with Crippen LogP contribution in [-0.2, 0) is 11.8 Å². The quantitative estimate of drug-likeness (QED) is 0.787. The standard InChI is InChI=1S/C14H24N4O2/c1-11-12(10-16(5)15-11)17-6-8-18(9-7-17)13(19)20-14(2,3)4/h10H,6-9H2,1-5H3. The van der Waals surface area contributed by atoms with Gasteiger partial charge in [0.2, 0.25) is 0 Å². The van der Waals surface area contributed by atoms with Crippen LogP contribution in [0.15, 0.2) is 6.20 Å². The molecule has 2 heterocycles. The van der Waals surface area contributed by atoms with Gasteiger partial charge in [-0.3, -0.25) is 4.68 Å². The summed E-state index contributed by atoms with van der Waals surface area (Å²) >= 11 is 0. The van der Waals surface area contributed by atoms with Gasteiger partial charge in [-0.15, -0.1) is 0 Å². The Bertz CT molecular complexity index is 482. The summed E-state index contributed by atoms with van der Waals surface area (Å²) in [6.07, 6.45) is 1.80. The maximum atomic E-state index is 12.0. The Hall–Kier alpha value is -1.72. The third-order valence-corrected chi connectivity index (χ3v) is 3.26. The molecule has 0 radical (unpaired) electrons. The van der Waals surface area contributed by atoms with Gasteiger partial charge in [-0.25, -0.2) is 4.79 Å².